The van der Waals surface area contributed by atoms with Crippen LogP contribution in [-0.2, 0) is 0 Å². The minimum Gasteiger partial charge on any atom is -0.360 e. The monoisotopic (exact) mass is 292 g/mol. The Bertz CT molecular complexity index is 365. The number of hydrogen-bond acceptors (Lipinski definition) is 1. The molecule has 0 aliphatic heterocycles. The summed E-state index contributed by atoms with van der Waals surface area (Å²) in [7, 11) is 2.28. The predicted octanol–water partition coefficient (Wildman–Crippen LogP) is 3.70. The van der Waals surface area contributed by atoms with Crippen LogP contribution < -0.4 is 5.32 Å². The normalized spacial score (nSPS) is 43.0. The molecule has 0 spiro atoms. The van der Waals surface area contributed by atoms with Gasteiger partial charge in [-0.3, -0.25) is 0 Å². The van der Waals surface area contributed by atoms with Crippen molar-refractivity contribution in [2.75, 3.05) is 7.05 Å². The molecule has 20 heavy (non-hydrogen) atoms. The van der Waals surface area contributed by atoms with Gasteiger partial charge in [0, 0.05) is 18.6 Å². The zero-order valence-corrected chi connectivity index (χ0v) is 13.6. The molecule has 0 aromatic carbocycles. The zero-order chi connectivity index (χ0) is 13.7. The molecule has 0 saturated heterocycles. The van der Waals surface area contributed by atoms with Crippen molar-refractivity contribution in [3.8, 4) is 0 Å². The Hall–Kier alpha value is -0.310. The molecular formula is C17H28N2S. The second-order valence-electron chi connectivity index (χ2n) is 8.13. The molecular weight excluding hydrogens is 264 g/mol. The van der Waals surface area contributed by atoms with E-state index in [2.05, 4.69) is 17.3 Å². The first-order chi connectivity index (χ1) is 9.64. The van der Waals surface area contributed by atoms with Gasteiger partial charge in [0.1, 0.15) is 0 Å². The lowest BCUT2D eigenvalue weighted by Crippen LogP contribution is -2.62. The van der Waals surface area contributed by atoms with E-state index in [0.717, 1.165) is 22.9 Å². The smallest absolute Gasteiger partial charge is 0.169 e. The van der Waals surface area contributed by atoms with E-state index in [-0.39, 0.29) is 0 Å². The van der Waals surface area contributed by atoms with E-state index >= 15 is 0 Å². The quantitative estimate of drug-likeness (QED) is 0.781. The van der Waals surface area contributed by atoms with Crippen molar-refractivity contribution >= 4 is 17.3 Å². The van der Waals surface area contributed by atoms with Crippen LogP contribution in [0.15, 0.2) is 0 Å². The van der Waals surface area contributed by atoms with Crippen LogP contribution in [0.4, 0.5) is 0 Å². The molecule has 4 bridgehead atoms. The van der Waals surface area contributed by atoms with Crippen LogP contribution in [0, 0.1) is 17.8 Å². The molecule has 0 unspecified atom stereocenters. The van der Waals surface area contributed by atoms with Gasteiger partial charge in [0.2, 0.25) is 0 Å². The topological polar surface area (TPSA) is 15.3 Å². The summed E-state index contributed by atoms with van der Waals surface area (Å²) in [5, 5.41) is 4.70. The van der Waals surface area contributed by atoms with Crippen LogP contribution in [0.5, 0.6) is 0 Å². The second kappa shape index (κ2) is 4.86. The first-order valence-corrected chi connectivity index (χ1v) is 9.10. The SMILES string of the molecule is CN(C(=S)NC1CCCC1)C12CC3CC(CC(C3)C1)C2. The largest absolute Gasteiger partial charge is 0.360 e. The van der Waals surface area contributed by atoms with Gasteiger partial charge in [-0.25, -0.2) is 0 Å². The molecule has 5 aliphatic rings. The Balaban J connectivity index is 1.47. The van der Waals surface area contributed by atoms with E-state index in [4.69, 9.17) is 12.2 Å². The summed E-state index contributed by atoms with van der Waals surface area (Å²) in [6.45, 7) is 0. The van der Waals surface area contributed by atoms with E-state index in [0.29, 0.717) is 11.6 Å². The van der Waals surface area contributed by atoms with E-state index in [1.165, 1.54) is 64.2 Å². The maximum atomic E-state index is 5.76. The Morgan fingerprint density at radius 1 is 1.00 bits per heavy atom. The summed E-state index contributed by atoms with van der Waals surface area (Å²) in [5.74, 6) is 2.99. The summed E-state index contributed by atoms with van der Waals surface area (Å²) in [4.78, 5) is 2.49. The number of nitrogens with one attached hydrogen (secondary N) is 1. The highest BCUT2D eigenvalue weighted by Crippen LogP contribution is 2.57. The van der Waals surface area contributed by atoms with Crippen molar-refractivity contribution in [1.29, 1.82) is 0 Å². The van der Waals surface area contributed by atoms with Gasteiger partial charge in [-0.15, -0.1) is 0 Å². The summed E-state index contributed by atoms with van der Waals surface area (Å²) < 4.78 is 0. The average molecular weight is 292 g/mol. The molecule has 2 nitrogen and oxygen atoms in total. The van der Waals surface area contributed by atoms with Crippen LogP contribution in [0.2, 0.25) is 0 Å². The van der Waals surface area contributed by atoms with Crippen molar-refractivity contribution in [2.45, 2.75) is 75.8 Å². The molecule has 5 saturated carbocycles. The second-order valence-corrected chi connectivity index (χ2v) is 8.52. The van der Waals surface area contributed by atoms with Crippen LogP contribution in [-0.4, -0.2) is 28.6 Å². The zero-order valence-electron chi connectivity index (χ0n) is 12.7. The fourth-order valence-corrected chi connectivity index (χ4v) is 6.39. The number of nitrogens with zero attached hydrogens (tertiary/aromatic N) is 1. The molecule has 0 aromatic heterocycles. The Morgan fingerprint density at radius 2 is 1.50 bits per heavy atom. The lowest BCUT2D eigenvalue weighted by Gasteiger charge is -2.60. The molecule has 112 valence electrons. The minimum absolute atomic E-state index is 0.414. The molecule has 0 amide bonds. The van der Waals surface area contributed by atoms with Crippen molar-refractivity contribution < 1.29 is 0 Å². The number of thiocarbonyl (C=S) groups is 1. The molecule has 0 aromatic rings. The summed E-state index contributed by atoms with van der Waals surface area (Å²) in [6, 6.07) is 0.652. The van der Waals surface area contributed by atoms with Crippen molar-refractivity contribution in [2.24, 2.45) is 17.8 Å². The van der Waals surface area contributed by atoms with Gasteiger partial charge in [-0.1, -0.05) is 12.8 Å². The van der Waals surface area contributed by atoms with Crippen LogP contribution >= 0.6 is 12.2 Å². The third-order valence-corrected chi connectivity index (χ3v) is 7.10. The molecule has 3 heteroatoms. The van der Waals surface area contributed by atoms with E-state index < -0.39 is 0 Å². The predicted molar refractivity (Wildman–Crippen MR) is 86.7 cm³/mol. The molecule has 5 fully saturated rings. The van der Waals surface area contributed by atoms with Gasteiger partial charge in [-0.2, -0.15) is 0 Å². The Kier molecular flexibility index (Phi) is 3.25. The molecule has 5 rings (SSSR count). The van der Waals surface area contributed by atoms with Crippen molar-refractivity contribution in [1.82, 2.24) is 10.2 Å². The molecule has 0 atom stereocenters. The lowest BCUT2D eigenvalue weighted by molar-refractivity contribution is -0.0549. The molecule has 0 heterocycles. The molecule has 5 aliphatic carbocycles. The number of rotatable bonds is 2. The fraction of sp³-hybridized carbons (Fsp3) is 0.941. The minimum atomic E-state index is 0.414. The molecule has 1 N–H and O–H groups in total. The van der Waals surface area contributed by atoms with Gasteiger partial charge in [0.15, 0.2) is 5.11 Å². The van der Waals surface area contributed by atoms with Crippen LogP contribution in [0.3, 0.4) is 0 Å². The maximum Gasteiger partial charge on any atom is 0.169 e. The highest BCUT2D eigenvalue weighted by atomic mass is 32.1. The van der Waals surface area contributed by atoms with Gasteiger partial charge < -0.3 is 10.2 Å². The third kappa shape index (κ3) is 2.17. The summed E-state index contributed by atoms with van der Waals surface area (Å²) in [5.41, 5.74) is 0.414. The van der Waals surface area contributed by atoms with Gasteiger partial charge in [0.25, 0.3) is 0 Å². The summed E-state index contributed by atoms with van der Waals surface area (Å²) in [6.07, 6.45) is 14.1. The fourth-order valence-electron chi connectivity index (χ4n) is 6.03. The lowest BCUT2D eigenvalue weighted by atomic mass is 9.52. The van der Waals surface area contributed by atoms with Crippen molar-refractivity contribution in [3.05, 3.63) is 0 Å². The number of hydrogen-bond donors (Lipinski definition) is 1. The van der Waals surface area contributed by atoms with Crippen LogP contribution in [0.25, 0.3) is 0 Å². The van der Waals surface area contributed by atoms with Gasteiger partial charge >= 0.3 is 0 Å². The molecule has 0 radical (unpaired) electrons. The van der Waals surface area contributed by atoms with E-state index in [9.17, 15) is 0 Å². The Labute approximate surface area is 128 Å². The Morgan fingerprint density at radius 3 is 2.00 bits per heavy atom. The van der Waals surface area contributed by atoms with E-state index in [1.54, 1.807) is 0 Å². The van der Waals surface area contributed by atoms with Gasteiger partial charge in [0.05, 0.1) is 0 Å². The van der Waals surface area contributed by atoms with Gasteiger partial charge in [-0.05, 0) is 81.3 Å². The van der Waals surface area contributed by atoms with E-state index in [1.807, 2.05) is 0 Å². The first-order valence-electron chi connectivity index (χ1n) is 8.69. The highest BCUT2D eigenvalue weighted by Gasteiger charge is 2.53. The van der Waals surface area contributed by atoms with Crippen LogP contribution in [0.1, 0.15) is 64.2 Å². The van der Waals surface area contributed by atoms with Crippen molar-refractivity contribution in [3.63, 3.8) is 0 Å². The maximum absolute atomic E-state index is 5.76. The highest BCUT2D eigenvalue weighted by molar-refractivity contribution is 7.80. The standard InChI is InChI=1S/C17H28N2S/c1-19(16(20)18-15-4-2-3-5-15)17-9-12-6-13(10-17)8-14(7-12)11-17/h12-15H,2-11H2,1H3,(H,18,20). The third-order valence-electron chi connectivity index (χ3n) is 6.70. The first kappa shape index (κ1) is 13.4. The summed E-state index contributed by atoms with van der Waals surface area (Å²) >= 11 is 5.76. The average Bonchev–Trinajstić information content (AvgIpc) is 2.89.